The topological polar surface area (TPSA) is 94.5 Å². The lowest BCUT2D eigenvalue weighted by Crippen LogP contribution is -2.49. The molecule has 2 heterocycles. The van der Waals surface area contributed by atoms with Crippen LogP contribution in [0.5, 0.6) is 0 Å². The van der Waals surface area contributed by atoms with Crippen molar-refractivity contribution in [1.29, 1.82) is 0 Å². The van der Waals surface area contributed by atoms with Crippen molar-refractivity contribution in [1.82, 2.24) is 15.1 Å². The number of carbonyl (C=O) groups excluding carboxylic acids is 2. The van der Waals surface area contributed by atoms with Gasteiger partial charge in [-0.2, -0.15) is 5.10 Å². The molecule has 150 valence electrons. The second-order valence-corrected chi connectivity index (χ2v) is 6.73. The van der Waals surface area contributed by atoms with Crippen molar-refractivity contribution in [2.75, 3.05) is 25.6 Å². The number of carbonyl (C=O) groups is 2. The first-order chi connectivity index (χ1) is 13.5. The molecule has 2 atom stereocenters. The predicted molar refractivity (Wildman–Crippen MR) is 105 cm³/mol. The van der Waals surface area contributed by atoms with Gasteiger partial charge in [0.05, 0.1) is 12.6 Å². The molecular weight excluding hydrogens is 360 g/mol. The molecule has 2 N–H and O–H groups in total. The Balaban J connectivity index is 1.73. The summed E-state index contributed by atoms with van der Waals surface area (Å²) in [4.78, 5) is 25.3. The number of rotatable bonds is 6. The first kappa shape index (κ1) is 20.0. The fraction of sp³-hybridized carbons (Fsp3) is 0.450. The molecule has 1 aromatic carbocycles. The van der Waals surface area contributed by atoms with Gasteiger partial charge in [0.25, 0.3) is 11.8 Å². The van der Waals surface area contributed by atoms with Gasteiger partial charge in [0.1, 0.15) is 11.8 Å². The number of methoxy groups -OCH3 is 1. The highest BCUT2D eigenvalue weighted by Gasteiger charge is 2.27. The highest BCUT2D eigenvalue weighted by Crippen LogP contribution is 2.19. The summed E-state index contributed by atoms with van der Waals surface area (Å²) in [6.45, 7) is 5.45. The molecule has 0 radical (unpaired) electrons. The minimum Gasteiger partial charge on any atom is -0.379 e. The van der Waals surface area contributed by atoms with E-state index < -0.39 is 0 Å². The van der Waals surface area contributed by atoms with Crippen LogP contribution in [0.2, 0.25) is 0 Å². The third kappa shape index (κ3) is 4.40. The predicted octanol–water partition coefficient (Wildman–Crippen LogP) is 2.00. The number of aryl methyl sites for hydroxylation is 2. The largest absolute Gasteiger partial charge is 0.379 e. The number of benzene rings is 1. The molecule has 0 aliphatic carbocycles. The number of nitrogens with zero attached hydrogens (tertiary/aromatic N) is 2. The Kier molecular flexibility index (Phi) is 6.43. The summed E-state index contributed by atoms with van der Waals surface area (Å²) in [6, 6.07) is 6.82. The van der Waals surface area contributed by atoms with E-state index in [2.05, 4.69) is 15.7 Å². The maximum Gasteiger partial charge on any atom is 0.273 e. The van der Waals surface area contributed by atoms with E-state index in [0.717, 1.165) is 5.56 Å². The highest BCUT2D eigenvalue weighted by molar-refractivity contribution is 6.04. The molecule has 1 aliphatic heterocycles. The van der Waals surface area contributed by atoms with Crippen molar-refractivity contribution >= 4 is 17.5 Å². The van der Waals surface area contributed by atoms with Gasteiger partial charge in [-0.25, -0.2) is 0 Å². The summed E-state index contributed by atoms with van der Waals surface area (Å²) in [6.07, 6.45) is 2.12. The van der Waals surface area contributed by atoms with Crippen LogP contribution in [0, 0.1) is 6.92 Å². The van der Waals surface area contributed by atoms with Crippen molar-refractivity contribution in [3.8, 4) is 0 Å². The summed E-state index contributed by atoms with van der Waals surface area (Å²) < 4.78 is 12.4. The van der Waals surface area contributed by atoms with Crippen molar-refractivity contribution < 1.29 is 19.1 Å². The molecule has 1 aromatic heterocycles. The van der Waals surface area contributed by atoms with E-state index in [0.29, 0.717) is 43.1 Å². The van der Waals surface area contributed by atoms with Crippen LogP contribution in [0.4, 0.5) is 5.69 Å². The molecular formula is C20H26N4O4. The summed E-state index contributed by atoms with van der Waals surface area (Å²) in [5.74, 6) is -0.466. The van der Waals surface area contributed by atoms with E-state index in [1.54, 1.807) is 36.2 Å². The minimum atomic E-state index is -0.260. The first-order valence-corrected chi connectivity index (χ1v) is 9.38. The number of ether oxygens (including phenoxy) is 2. The van der Waals surface area contributed by atoms with E-state index >= 15 is 0 Å². The lowest BCUT2D eigenvalue weighted by Gasteiger charge is -2.31. The maximum absolute atomic E-state index is 12.7. The molecule has 28 heavy (non-hydrogen) atoms. The molecule has 0 spiro atoms. The SMILES string of the molecule is CCn1nccc1C(=O)Nc1cc(C(=O)N[C@H]2CCOC[C@@H]2OC)ccc1C. The van der Waals surface area contributed by atoms with Gasteiger partial charge in [0, 0.05) is 37.7 Å². The molecule has 1 saturated heterocycles. The van der Waals surface area contributed by atoms with Crippen molar-refractivity contribution in [3.63, 3.8) is 0 Å². The molecule has 8 nitrogen and oxygen atoms in total. The van der Waals surface area contributed by atoms with Gasteiger partial charge >= 0.3 is 0 Å². The molecule has 1 aliphatic rings. The Morgan fingerprint density at radius 2 is 2.14 bits per heavy atom. The molecule has 1 fully saturated rings. The number of hydrogen-bond donors (Lipinski definition) is 2. The van der Waals surface area contributed by atoms with E-state index in [1.807, 2.05) is 19.9 Å². The van der Waals surface area contributed by atoms with Crippen molar-refractivity contribution in [2.45, 2.75) is 39.0 Å². The molecule has 3 rings (SSSR count). The Hall–Kier alpha value is -2.71. The molecule has 2 aromatic rings. The summed E-state index contributed by atoms with van der Waals surface area (Å²) in [5.41, 5.74) is 2.42. The highest BCUT2D eigenvalue weighted by atomic mass is 16.5. The van der Waals surface area contributed by atoms with Crippen LogP contribution in [-0.4, -0.2) is 54.1 Å². The van der Waals surface area contributed by atoms with Crippen molar-refractivity contribution in [3.05, 3.63) is 47.3 Å². The molecule has 0 bridgehead atoms. The van der Waals surface area contributed by atoms with Gasteiger partial charge < -0.3 is 20.1 Å². The Morgan fingerprint density at radius 3 is 2.89 bits per heavy atom. The van der Waals surface area contributed by atoms with Crippen LogP contribution in [0.15, 0.2) is 30.5 Å². The quantitative estimate of drug-likeness (QED) is 0.792. The third-order valence-electron chi connectivity index (χ3n) is 4.92. The second kappa shape index (κ2) is 8.99. The fourth-order valence-corrected chi connectivity index (χ4v) is 3.22. The maximum atomic E-state index is 12.7. The Bertz CT molecular complexity index is 848. The summed E-state index contributed by atoms with van der Waals surface area (Å²) in [5, 5.41) is 10.0. The molecule has 8 heteroatoms. The fourth-order valence-electron chi connectivity index (χ4n) is 3.22. The van der Waals surface area contributed by atoms with Gasteiger partial charge in [-0.3, -0.25) is 14.3 Å². The van der Waals surface area contributed by atoms with Crippen LogP contribution in [-0.2, 0) is 16.0 Å². The van der Waals surface area contributed by atoms with Crippen LogP contribution < -0.4 is 10.6 Å². The monoisotopic (exact) mass is 386 g/mol. The normalized spacial score (nSPS) is 19.2. The number of hydrogen-bond acceptors (Lipinski definition) is 5. The van der Waals surface area contributed by atoms with Gasteiger partial charge in [-0.15, -0.1) is 0 Å². The molecule has 0 unspecified atom stereocenters. The standard InChI is InChI=1S/C20H26N4O4/c1-4-24-17(7-9-21-24)20(26)23-16-11-14(6-5-13(16)2)19(25)22-15-8-10-28-12-18(15)27-3/h5-7,9,11,15,18H,4,8,10,12H2,1-3H3,(H,22,25)(H,23,26)/t15-,18-/m0/s1. The van der Waals surface area contributed by atoms with E-state index in [9.17, 15) is 9.59 Å². The van der Waals surface area contributed by atoms with Crippen LogP contribution >= 0.6 is 0 Å². The number of amides is 2. The lowest BCUT2D eigenvalue weighted by molar-refractivity contribution is -0.0479. The van der Waals surface area contributed by atoms with Gasteiger partial charge in [-0.05, 0) is 44.0 Å². The number of nitrogens with one attached hydrogen (secondary N) is 2. The van der Waals surface area contributed by atoms with Crippen LogP contribution in [0.25, 0.3) is 0 Å². The number of aromatic nitrogens is 2. The van der Waals surface area contributed by atoms with E-state index in [4.69, 9.17) is 9.47 Å². The van der Waals surface area contributed by atoms with E-state index in [1.165, 1.54) is 0 Å². The smallest absolute Gasteiger partial charge is 0.273 e. The van der Waals surface area contributed by atoms with Crippen molar-refractivity contribution in [2.24, 2.45) is 0 Å². The zero-order valence-electron chi connectivity index (χ0n) is 16.4. The lowest BCUT2D eigenvalue weighted by atomic mass is 10.0. The Labute approximate surface area is 164 Å². The van der Waals surface area contributed by atoms with Gasteiger partial charge in [-0.1, -0.05) is 6.07 Å². The average Bonchev–Trinajstić information content (AvgIpc) is 3.19. The summed E-state index contributed by atoms with van der Waals surface area (Å²) >= 11 is 0. The third-order valence-corrected chi connectivity index (χ3v) is 4.92. The number of anilines is 1. The summed E-state index contributed by atoms with van der Waals surface area (Å²) in [7, 11) is 1.61. The minimum absolute atomic E-state index is 0.107. The zero-order valence-corrected chi connectivity index (χ0v) is 16.4. The van der Waals surface area contributed by atoms with E-state index in [-0.39, 0.29) is 24.0 Å². The van der Waals surface area contributed by atoms with Crippen LogP contribution in [0.1, 0.15) is 39.8 Å². The average molecular weight is 386 g/mol. The second-order valence-electron chi connectivity index (χ2n) is 6.73. The van der Waals surface area contributed by atoms with Gasteiger partial charge in [0.2, 0.25) is 0 Å². The zero-order chi connectivity index (χ0) is 20.1. The molecule has 0 saturated carbocycles. The molecule has 2 amide bonds. The van der Waals surface area contributed by atoms with Crippen LogP contribution in [0.3, 0.4) is 0 Å². The first-order valence-electron chi connectivity index (χ1n) is 9.38. The Morgan fingerprint density at radius 1 is 1.32 bits per heavy atom. The van der Waals surface area contributed by atoms with Gasteiger partial charge in [0.15, 0.2) is 0 Å².